The van der Waals surface area contributed by atoms with Gasteiger partial charge in [0.1, 0.15) is 5.82 Å². The van der Waals surface area contributed by atoms with Gasteiger partial charge in [-0.25, -0.2) is 0 Å². The van der Waals surface area contributed by atoms with Crippen LogP contribution in [0.2, 0.25) is 0 Å². The van der Waals surface area contributed by atoms with E-state index in [0.29, 0.717) is 5.65 Å². The molecule has 0 aromatic carbocycles. The normalized spacial score (nSPS) is 12.9. The Morgan fingerprint density at radius 2 is 2.38 bits per heavy atom. The van der Waals surface area contributed by atoms with Gasteiger partial charge < -0.3 is 5.32 Å². The summed E-state index contributed by atoms with van der Waals surface area (Å²) >= 11 is 6.01. The third-order valence-electron chi connectivity index (χ3n) is 2.28. The molecule has 0 aliphatic rings. The average molecular weight is 241 g/mol. The predicted molar refractivity (Wildman–Crippen MR) is 61.6 cm³/mol. The summed E-state index contributed by atoms with van der Waals surface area (Å²) in [6.07, 6.45) is 1.88. The van der Waals surface area contributed by atoms with Crippen molar-refractivity contribution < 1.29 is 0 Å². The van der Waals surface area contributed by atoms with E-state index in [1.165, 1.54) is 4.63 Å². The quantitative estimate of drug-likeness (QED) is 0.799. The van der Waals surface area contributed by atoms with Gasteiger partial charge in [0.15, 0.2) is 5.65 Å². The van der Waals surface area contributed by atoms with Gasteiger partial charge in [-0.3, -0.25) is 0 Å². The number of fused-ring (bicyclic) bond motifs is 1. The number of anilines is 1. The maximum atomic E-state index is 6.01. The largest absolute Gasteiger partial charge is 0.369 e. The molecule has 2 aromatic rings. The molecule has 1 N–H and O–H groups in total. The van der Waals surface area contributed by atoms with Gasteiger partial charge >= 0.3 is 0 Å². The van der Waals surface area contributed by atoms with Crippen LogP contribution in [0.4, 0.5) is 5.82 Å². The Labute approximate surface area is 98.0 Å². The molecule has 0 saturated carbocycles. The monoisotopic (exact) mass is 240 g/mol. The Morgan fingerprint density at radius 1 is 1.50 bits per heavy atom. The van der Waals surface area contributed by atoms with Crippen molar-refractivity contribution in [2.24, 2.45) is 0 Å². The van der Waals surface area contributed by atoms with Crippen molar-refractivity contribution in [3.8, 4) is 0 Å². The summed E-state index contributed by atoms with van der Waals surface area (Å²) in [7, 11) is 0. The molecule has 0 bridgehead atoms. The van der Waals surface area contributed by atoms with E-state index < -0.39 is 0 Å². The van der Waals surface area contributed by atoms with Crippen LogP contribution in [0.25, 0.3) is 5.65 Å². The number of halogens is 1. The zero-order valence-electron chi connectivity index (χ0n) is 8.97. The highest BCUT2D eigenvalue weighted by Crippen LogP contribution is 2.08. The molecule has 7 heteroatoms. The van der Waals surface area contributed by atoms with Gasteiger partial charge in [0.2, 0.25) is 0 Å². The van der Waals surface area contributed by atoms with Crippen molar-refractivity contribution in [2.75, 3.05) is 11.9 Å². The smallest absolute Gasteiger partial charge is 0.200 e. The standard InChI is InChI=1S/C9H13ClN6/c1-2-7(10)5-6-11-8-3-4-9-12-14-15-16(9)13-8/h3-4,7H,2,5-6H2,1H3,(H,11,13). The second kappa shape index (κ2) is 5.07. The first kappa shape index (κ1) is 11.1. The third kappa shape index (κ3) is 2.57. The van der Waals surface area contributed by atoms with E-state index in [4.69, 9.17) is 11.6 Å². The van der Waals surface area contributed by atoms with E-state index >= 15 is 0 Å². The molecule has 0 amide bonds. The van der Waals surface area contributed by atoms with Crippen LogP contribution in [-0.4, -0.2) is 37.2 Å². The van der Waals surface area contributed by atoms with Crippen LogP contribution in [-0.2, 0) is 0 Å². The maximum absolute atomic E-state index is 6.01. The number of alkyl halides is 1. The average Bonchev–Trinajstić information content (AvgIpc) is 2.76. The number of tetrazole rings is 1. The van der Waals surface area contributed by atoms with E-state index in [2.05, 4.69) is 32.9 Å². The minimum absolute atomic E-state index is 0.212. The first-order chi connectivity index (χ1) is 7.79. The molecule has 2 aromatic heterocycles. The van der Waals surface area contributed by atoms with Crippen molar-refractivity contribution in [3.63, 3.8) is 0 Å². The fourth-order valence-electron chi connectivity index (χ4n) is 1.30. The minimum atomic E-state index is 0.212. The fourth-order valence-corrected chi connectivity index (χ4v) is 1.41. The van der Waals surface area contributed by atoms with Crippen LogP contribution in [0.15, 0.2) is 12.1 Å². The van der Waals surface area contributed by atoms with Crippen LogP contribution < -0.4 is 5.32 Å². The first-order valence-corrected chi connectivity index (χ1v) is 5.66. The highest BCUT2D eigenvalue weighted by Gasteiger charge is 2.02. The van der Waals surface area contributed by atoms with Crippen molar-refractivity contribution in [1.82, 2.24) is 25.3 Å². The molecule has 2 rings (SSSR count). The van der Waals surface area contributed by atoms with Gasteiger partial charge in [-0.05, 0) is 35.4 Å². The second-order valence-corrected chi connectivity index (χ2v) is 4.08. The number of nitrogens with one attached hydrogen (secondary N) is 1. The Morgan fingerprint density at radius 3 is 3.19 bits per heavy atom. The van der Waals surface area contributed by atoms with Gasteiger partial charge in [-0.15, -0.1) is 26.4 Å². The van der Waals surface area contributed by atoms with Crippen molar-refractivity contribution >= 4 is 23.1 Å². The predicted octanol–water partition coefficient (Wildman–Crippen LogP) is 1.34. The lowest BCUT2D eigenvalue weighted by Crippen LogP contribution is -2.10. The van der Waals surface area contributed by atoms with Gasteiger partial charge in [-0.2, -0.15) is 0 Å². The summed E-state index contributed by atoms with van der Waals surface area (Å²) in [4.78, 5) is 0. The Kier molecular flexibility index (Phi) is 3.51. The van der Waals surface area contributed by atoms with Crippen LogP contribution in [0.3, 0.4) is 0 Å². The lowest BCUT2D eigenvalue weighted by atomic mass is 10.2. The van der Waals surface area contributed by atoms with E-state index in [-0.39, 0.29) is 5.38 Å². The summed E-state index contributed by atoms with van der Waals surface area (Å²) in [6, 6.07) is 3.66. The van der Waals surface area contributed by atoms with Crippen molar-refractivity contribution in [2.45, 2.75) is 25.1 Å². The first-order valence-electron chi connectivity index (χ1n) is 5.23. The number of hydrogen-bond acceptors (Lipinski definition) is 5. The Bertz CT molecular complexity index is 456. The highest BCUT2D eigenvalue weighted by molar-refractivity contribution is 6.20. The molecule has 16 heavy (non-hydrogen) atoms. The number of nitrogens with zero attached hydrogens (tertiary/aromatic N) is 5. The molecule has 1 unspecified atom stereocenters. The van der Waals surface area contributed by atoms with Crippen LogP contribution >= 0.6 is 11.6 Å². The molecule has 6 nitrogen and oxygen atoms in total. The molecule has 86 valence electrons. The van der Waals surface area contributed by atoms with Gasteiger partial charge in [0.25, 0.3) is 0 Å². The lowest BCUT2D eigenvalue weighted by molar-refractivity contribution is 0.723. The molecule has 0 radical (unpaired) electrons. The molecule has 0 spiro atoms. The number of rotatable bonds is 5. The van der Waals surface area contributed by atoms with Crippen LogP contribution in [0.1, 0.15) is 19.8 Å². The third-order valence-corrected chi connectivity index (χ3v) is 2.80. The van der Waals surface area contributed by atoms with E-state index in [1.807, 2.05) is 12.1 Å². The topological polar surface area (TPSA) is 68.0 Å². The zero-order chi connectivity index (χ0) is 11.4. The van der Waals surface area contributed by atoms with Crippen LogP contribution in [0.5, 0.6) is 0 Å². The number of hydrogen-bond donors (Lipinski definition) is 1. The van der Waals surface area contributed by atoms with Gasteiger partial charge in [0, 0.05) is 11.9 Å². The van der Waals surface area contributed by atoms with E-state index in [1.54, 1.807) is 0 Å². The fraction of sp³-hybridized carbons (Fsp3) is 0.556. The van der Waals surface area contributed by atoms with Gasteiger partial charge in [0.05, 0.1) is 0 Å². The lowest BCUT2D eigenvalue weighted by Gasteiger charge is -2.07. The molecule has 0 saturated heterocycles. The Balaban J connectivity index is 1.93. The summed E-state index contributed by atoms with van der Waals surface area (Å²) < 4.78 is 1.39. The zero-order valence-corrected chi connectivity index (χ0v) is 9.72. The van der Waals surface area contributed by atoms with Crippen LogP contribution in [0, 0.1) is 0 Å². The summed E-state index contributed by atoms with van der Waals surface area (Å²) in [5.74, 6) is 0.750. The molecule has 2 heterocycles. The van der Waals surface area contributed by atoms with Crippen molar-refractivity contribution in [1.29, 1.82) is 0 Å². The molecule has 1 atom stereocenters. The SMILES string of the molecule is CCC(Cl)CCNc1ccc2nnnn2n1. The summed E-state index contributed by atoms with van der Waals surface area (Å²) in [6.45, 7) is 2.87. The molecule has 0 aliphatic heterocycles. The van der Waals surface area contributed by atoms with E-state index in [9.17, 15) is 0 Å². The molecular formula is C9H13ClN6. The Hall–Kier alpha value is -1.43. The molecular weight excluding hydrogens is 228 g/mol. The van der Waals surface area contributed by atoms with Gasteiger partial charge in [-0.1, -0.05) is 6.92 Å². The molecule has 0 aliphatic carbocycles. The second-order valence-electron chi connectivity index (χ2n) is 3.47. The molecule has 0 fully saturated rings. The van der Waals surface area contributed by atoms with E-state index in [0.717, 1.165) is 25.2 Å². The minimum Gasteiger partial charge on any atom is -0.369 e. The summed E-state index contributed by atoms with van der Waals surface area (Å²) in [5, 5.41) is 18.6. The van der Waals surface area contributed by atoms with Crippen molar-refractivity contribution in [3.05, 3.63) is 12.1 Å². The highest BCUT2D eigenvalue weighted by atomic mass is 35.5. The maximum Gasteiger partial charge on any atom is 0.200 e. The number of aromatic nitrogens is 5. The summed E-state index contributed by atoms with van der Waals surface area (Å²) in [5.41, 5.74) is 0.634.